The van der Waals surface area contributed by atoms with Crippen LogP contribution in [0.15, 0.2) is 29.2 Å². The molecule has 2 rings (SSSR count). The lowest BCUT2D eigenvalue weighted by molar-refractivity contribution is -0.157. The third-order valence-corrected chi connectivity index (χ3v) is 5.75. The Morgan fingerprint density at radius 3 is 2.41 bits per heavy atom. The summed E-state index contributed by atoms with van der Waals surface area (Å²) in [5.41, 5.74) is 0.269. The molecule has 1 heterocycles. The van der Waals surface area contributed by atoms with E-state index in [0.29, 0.717) is 11.5 Å². The van der Waals surface area contributed by atoms with Gasteiger partial charge in [0, 0.05) is 11.3 Å². The van der Waals surface area contributed by atoms with Crippen molar-refractivity contribution in [2.24, 2.45) is 0 Å². The van der Waals surface area contributed by atoms with Gasteiger partial charge in [0.2, 0.25) is 0 Å². The molecule has 1 aromatic carbocycles. The van der Waals surface area contributed by atoms with E-state index in [4.69, 9.17) is 14.2 Å². The number of carbonyl (C=O) groups is 1. The first-order valence-corrected chi connectivity index (χ1v) is 10.3. The summed E-state index contributed by atoms with van der Waals surface area (Å²) in [5.74, 6) is -1.42. The summed E-state index contributed by atoms with van der Waals surface area (Å²) in [6.45, 7) is 11.0. The molecule has 1 unspecified atom stereocenters. The predicted molar refractivity (Wildman–Crippen MR) is 103 cm³/mol. The lowest BCUT2D eigenvalue weighted by Gasteiger charge is -2.27. The van der Waals surface area contributed by atoms with Gasteiger partial charge in [-0.05, 0) is 53.7 Å². The van der Waals surface area contributed by atoms with Crippen molar-refractivity contribution in [3.63, 3.8) is 0 Å². The SMILES string of the molecule is Cc1ccc([S@](=O)C(C(=O)OC(C)(C)C)[C@H](O)C[C@H]2COC(C)(C)O2)cc1. The molecular formula is C20H30O6S. The molecule has 0 saturated carbocycles. The van der Waals surface area contributed by atoms with Crippen molar-refractivity contribution in [3.05, 3.63) is 29.8 Å². The number of aliphatic hydroxyl groups excluding tert-OH is 1. The Balaban J connectivity index is 2.21. The highest BCUT2D eigenvalue weighted by Gasteiger charge is 2.41. The van der Waals surface area contributed by atoms with Gasteiger partial charge in [0.1, 0.15) is 5.60 Å². The van der Waals surface area contributed by atoms with Crippen molar-refractivity contribution >= 4 is 16.8 Å². The highest BCUT2D eigenvalue weighted by Crippen LogP contribution is 2.27. The molecule has 0 bridgehead atoms. The molecule has 4 atom stereocenters. The maximum Gasteiger partial charge on any atom is 0.325 e. The molecule has 6 nitrogen and oxygen atoms in total. The third-order valence-electron chi connectivity index (χ3n) is 4.04. The predicted octanol–water partition coefficient (Wildman–Crippen LogP) is 2.72. The van der Waals surface area contributed by atoms with Gasteiger partial charge >= 0.3 is 5.97 Å². The fourth-order valence-electron chi connectivity index (χ4n) is 2.84. The van der Waals surface area contributed by atoms with Crippen LogP contribution in [0.4, 0.5) is 0 Å². The number of carbonyl (C=O) groups excluding carboxylic acids is 1. The van der Waals surface area contributed by atoms with Gasteiger partial charge in [0.15, 0.2) is 11.0 Å². The first kappa shape index (κ1) is 22.0. The van der Waals surface area contributed by atoms with Crippen molar-refractivity contribution < 1.29 is 28.3 Å². The maximum atomic E-state index is 13.1. The fraction of sp³-hybridized carbons (Fsp3) is 0.650. The van der Waals surface area contributed by atoms with Gasteiger partial charge in [-0.1, -0.05) is 17.7 Å². The molecule has 0 radical (unpaired) electrons. The molecule has 0 aromatic heterocycles. The van der Waals surface area contributed by atoms with Gasteiger partial charge < -0.3 is 19.3 Å². The van der Waals surface area contributed by atoms with Gasteiger partial charge in [-0.15, -0.1) is 0 Å². The molecule has 0 amide bonds. The van der Waals surface area contributed by atoms with Crippen LogP contribution in [0, 0.1) is 6.92 Å². The van der Waals surface area contributed by atoms with Crippen molar-refractivity contribution in [1.82, 2.24) is 0 Å². The first-order valence-electron chi connectivity index (χ1n) is 9.08. The van der Waals surface area contributed by atoms with Crippen LogP contribution in [0.3, 0.4) is 0 Å². The highest BCUT2D eigenvalue weighted by atomic mass is 32.2. The van der Waals surface area contributed by atoms with Crippen molar-refractivity contribution in [2.75, 3.05) is 6.61 Å². The summed E-state index contributed by atoms with van der Waals surface area (Å²) in [7, 11) is -1.76. The number of hydrogen-bond acceptors (Lipinski definition) is 6. The highest BCUT2D eigenvalue weighted by molar-refractivity contribution is 7.86. The van der Waals surface area contributed by atoms with Gasteiger partial charge in [-0.25, -0.2) is 0 Å². The van der Waals surface area contributed by atoms with Crippen molar-refractivity contribution in [1.29, 1.82) is 0 Å². The van der Waals surface area contributed by atoms with Crippen LogP contribution in [-0.2, 0) is 29.8 Å². The van der Waals surface area contributed by atoms with E-state index in [9.17, 15) is 14.1 Å². The smallest absolute Gasteiger partial charge is 0.325 e. The molecule has 0 spiro atoms. The minimum absolute atomic E-state index is 0.130. The quantitative estimate of drug-likeness (QED) is 0.742. The summed E-state index contributed by atoms with van der Waals surface area (Å²) in [6.07, 6.45) is -1.44. The van der Waals surface area contributed by atoms with Crippen LogP contribution in [0.25, 0.3) is 0 Å². The van der Waals surface area contributed by atoms with Gasteiger partial charge in [0.25, 0.3) is 0 Å². The summed E-state index contributed by atoms with van der Waals surface area (Å²) in [5, 5.41) is 9.55. The zero-order valence-corrected chi connectivity index (χ0v) is 17.7. The Hall–Kier alpha value is -1.28. The average molecular weight is 399 g/mol. The number of ether oxygens (including phenoxy) is 3. The second kappa shape index (κ2) is 8.39. The van der Waals surface area contributed by atoms with Crippen LogP contribution in [0.1, 0.15) is 46.6 Å². The number of aryl methyl sites for hydroxylation is 1. The zero-order chi connectivity index (χ0) is 20.4. The molecule has 0 aliphatic carbocycles. The molecule has 1 aliphatic rings. The number of aliphatic hydroxyl groups is 1. The van der Waals surface area contributed by atoms with E-state index >= 15 is 0 Å². The van der Waals surface area contributed by atoms with E-state index in [1.54, 1.807) is 46.8 Å². The molecule has 1 saturated heterocycles. The maximum absolute atomic E-state index is 13.1. The zero-order valence-electron chi connectivity index (χ0n) is 16.9. The van der Waals surface area contributed by atoms with Crippen LogP contribution in [0.5, 0.6) is 0 Å². The number of rotatable bonds is 6. The Morgan fingerprint density at radius 1 is 1.33 bits per heavy atom. The summed E-state index contributed by atoms with van der Waals surface area (Å²) in [6, 6.07) is 7.05. The lowest BCUT2D eigenvalue weighted by Crippen LogP contribution is -2.44. The molecule has 7 heteroatoms. The van der Waals surface area contributed by atoms with Gasteiger partial charge in [0.05, 0.1) is 29.6 Å². The first-order chi connectivity index (χ1) is 12.4. The second-order valence-electron chi connectivity index (χ2n) is 8.32. The Bertz CT molecular complexity index is 677. The number of esters is 1. The average Bonchev–Trinajstić information content (AvgIpc) is 2.84. The summed E-state index contributed by atoms with van der Waals surface area (Å²) < 4.78 is 29.8. The van der Waals surface area contributed by atoms with E-state index < -0.39 is 39.5 Å². The van der Waals surface area contributed by atoms with E-state index in [2.05, 4.69) is 0 Å². The molecule has 1 aromatic rings. The number of benzene rings is 1. The normalized spacial score (nSPS) is 22.9. The van der Waals surface area contributed by atoms with Crippen LogP contribution in [-0.4, -0.2) is 50.7 Å². The van der Waals surface area contributed by atoms with Crippen LogP contribution < -0.4 is 0 Å². The Morgan fingerprint density at radius 2 is 1.93 bits per heavy atom. The number of hydrogen-bond donors (Lipinski definition) is 1. The Labute approximate surface area is 163 Å². The van der Waals surface area contributed by atoms with Gasteiger partial charge in [-0.2, -0.15) is 0 Å². The minimum Gasteiger partial charge on any atom is -0.459 e. The molecule has 1 aliphatic heterocycles. The van der Waals surface area contributed by atoms with Crippen molar-refractivity contribution in [3.8, 4) is 0 Å². The topological polar surface area (TPSA) is 82.1 Å². The molecular weight excluding hydrogens is 368 g/mol. The van der Waals surface area contributed by atoms with E-state index in [1.807, 2.05) is 19.1 Å². The van der Waals surface area contributed by atoms with E-state index in [-0.39, 0.29) is 12.5 Å². The third kappa shape index (κ3) is 6.38. The van der Waals surface area contributed by atoms with Crippen molar-refractivity contribution in [2.45, 2.75) is 81.7 Å². The molecule has 1 N–H and O–H groups in total. The monoisotopic (exact) mass is 398 g/mol. The molecule has 27 heavy (non-hydrogen) atoms. The summed E-state index contributed by atoms with van der Waals surface area (Å²) >= 11 is 0. The Kier molecular flexibility index (Phi) is 6.84. The summed E-state index contributed by atoms with van der Waals surface area (Å²) in [4.78, 5) is 13.2. The van der Waals surface area contributed by atoms with E-state index in [0.717, 1.165) is 5.56 Å². The molecule has 1 fully saturated rings. The molecule has 152 valence electrons. The largest absolute Gasteiger partial charge is 0.459 e. The lowest BCUT2D eigenvalue weighted by atomic mass is 10.1. The standard InChI is InChI=1S/C20H30O6S/c1-13-7-9-15(10-8-13)27(23)17(18(22)26-19(2,3)4)16(21)11-14-12-24-20(5,6)25-14/h7-10,14,16-17,21H,11-12H2,1-6H3/t14-,16+,17?,27-/m0/s1. The van der Waals surface area contributed by atoms with E-state index in [1.165, 1.54) is 0 Å². The van der Waals surface area contributed by atoms with Gasteiger partial charge in [-0.3, -0.25) is 9.00 Å². The van der Waals surface area contributed by atoms with Crippen LogP contribution in [0.2, 0.25) is 0 Å². The fourth-order valence-corrected chi connectivity index (χ4v) is 4.16. The van der Waals surface area contributed by atoms with Crippen LogP contribution >= 0.6 is 0 Å². The minimum atomic E-state index is -1.76. The second-order valence-corrected chi connectivity index (χ2v) is 9.89.